The smallest absolute Gasteiger partial charge is 0.263 e. The Morgan fingerprint density at radius 2 is 1.72 bits per heavy atom. The summed E-state index contributed by atoms with van der Waals surface area (Å²) in [4.78, 5) is 35.2. The first-order chi connectivity index (χ1) is 12.1. The number of aromatic nitrogens is 3. The fourth-order valence-electron chi connectivity index (χ4n) is 2.62. The van der Waals surface area contributed by atoms with E-state index in [2.05, 4.69) is 9.97 Å². The minimum absolute atomic E-state index is 0.111. The molecule has 0 fully saturated rings. The summed E-state index contributed by atoms with van der Waals surface area (Å²) in [5.74, 6) is -0.391. The third kappa shape index (κ3) is 3.52. The number of pyridine rings is 1. The predicted octanol–water partition coefficient (Wildman–Crippen LogP) is 2.00. The van der Waals surface area contributed by atoms with Crippen LogP contribution in [-0.2, 0) is 19.6 Å². The molecule has 0 spiro atoms. The van der Waals surface area contributed by atoms with Crippen LogP contribution in [0.2, 0.25) is 0 Å². The lowest BCUT2D eigenvalue weighted by molar-refractivity contribution is 0.0723. The first-order valence-corrected chi connectivity index (χ1v) is 7.84. The summed E-state index contributed by atoms with van der Waals surface area (Å²) in [6.07, 6.45) is 5.51. The van der Waals surface area contributed by atoms with E-state index >= 15 is 0 Å². The number of carbonyl (C=O) groups is 1. The van der Waals surface area contributed by atoms with Crippen molar-refractivity contribution in [3.05, 3.63) is 70.4 Å². The summed E-state index contributed by atoms with van der Waals surface area (Å²) in [6.45, 7) is 4.59. The molecule has 0 saturated carbocycles. The maximum atomic E-state index is 13.0. The Bertz CT molecular complexity index is 861. The third-order valence-corrected chi connectivity index (χ3v) is 3.90. The van der Waals surface area contributed by atoms with Crippen LogP contribution < -0.4 is 5.56 Å². The van der Waals surface area contributed by atoms with Crippen molar-refractivity contribution in [2.75, 3.05) is 0 Å². The Morgan fingerprint density at radius 1 is 1.12 bits per heavy atom. The molecule has 0 radical (unpaired) electrons. The van der Waals surface area contributed by atoms with Gasteiger partial charge in [-0.15, -0.1) is 0 Å². The van der Waals surface area contributed by atoms with Gasteiger partial charge in [-0.2, -0.15) is 0 Å². The van der Waals surface area contributed by atoms with Gasteiger partial charge in [0, 0.05) is 12.2 Å². The monoisotopic (exact) mass is 342 g/mol. The zero-order chi connectivity index (χ0) is 17.8. The van der Waals surface area contributed by atoms with E-state index in [0.29, 0.717) is 17.9 Å². The van der Waals surface area contributed by atoms with E-state index in [-0.39, 0.29) is 24.2 Å². The molecular weight excluding hydrogens is 324 g/mol. The average Bonchev–Trinajstić information content (AvgIpc) is 3.28. The Labute approximate surface area is 143 Å². The van der Waals surface area contributed by atoms with Crippen molar-refractivity contribution in [2.45, 2.75) is 33.5 Å². The highest BCUT2D eigenvalue weighted by Crippen LogP contribution is 2.12. The average molecular weight is 342 g/mol. The minimum Gasteiger partial charge on any atom is -0.451 e. The molecule has 3 heterocycles. The highest BCUT2D eigenvalue weighted by molar-refractivity contribution is 5.93. The summed E-state index contributed by atoms with van der Waals surface area (Å²) in [6, 6.07) is 3.33. The Kier molecular flexibility index (Phi) is 4.78. The summed E-state index contributed by atoms with van der Waals surface area (Å²) in [7, 11) is 0. The lowest BCUT2D eigenvalue weighted by atomic mass is 10.2. The zero-order valence-corrected chi connectivity index (χ0v) is 14.0. The number of nitrogens with zero attached hydrogens (tertiary/aromatic N) is 4. The molecule has 130 valence electrons. The number of amides is 1. The topological polar surface area (TPSA) is 94.4 Å². The molecule has 1 amide bonds. The van der Waals surface area contributed by atoms with Crippen LogP contribution in [0.3, 0.4) is 0 Å². The van der Waals surface area contributed by atoms with Crippen molar-refractivity contribution >= 4 is 5.91 Å². The molecule has 0 aliphatic rings. The molecule has 8 nitrogen and oxygen atoms in total. The highest BCUT2D eigenvalue weighted by Gasteiger charge is 2.22. The molecule has 0 aliphatic heterocycles. The SMILES string of the molecule is CCn1c(C)ccc(C(=O)N(Cc2cocn2)Cc2cocn2)c1=O. The normalized spacial score (nSPS) is 10.8. The molecule has 25 heavy (non-hydrogen) atoms. The van der Waals surface area contributed by atoms with Gasteiger partial charge in [-0.1, -0.05) is 0 Å². The Morgan fingerprint density at radius 3 is 2.20 bits per heavy atom. The van der Waals surface area contributed by atoms with Gasteiger partial charge >= 0.3 is 0 Å². The maximum Gasteiger partial charge on any atom is 0.263 e. The molecule has 0 bridgehead atoms. The molecule has 8 heteroatoms. The van der Waals surface area contributed by atoms with E-state index in [1.807, 2.05) is 13.8 Å². The second kappa shape index (κ2) is 7.16. The van der Waals surface area contributed by atoms with Crippen molar-refractivity contribution in [2.24, 2.45) is 0 Å². The lowest BCUT2D eigenvalue weighted by Gasteiger charge is -2.21. The van der Waals surface area contributed by atoms with Gasteiger partial charge in [-0.25, -0.2) is 9.97 Å². The van der Waals surface area contributed by atoms with Crippen LogP contribution >= 0.6 is 0 Å². The summed E-state index contributed by atoms with van der Waals surface area (Å²) >= 11 is 0. The van der Waals surface area contributed by atoms with Gasteiger partial charge in [0.15, 0.2) is 12.8 Å². The van der Waals surface area contributed by atoms with Crippen molar-refractivity contribution in [1.29, 1.82) is 0 Å². The number of hydrogen-bond donors (Lipinski definition) is 0. The van der Waals surface area contributed by atoms with Crippen LogP contribution in [0.4, 0.5) is 0 Å². The van der Waals surface area contributed by atoms with Crippen molar-refractivity contribution in [1.82, 2.24) is 19.4 Å². The number of rotatable bonds is 6. The summed E-state index contributed by atoms with van der Waals surface area (Å²) in [5, 5.41) is 0. The van der Waals surface area contributed by atoms with Gasteiger partial charge in [0.1, 0.15) is 18.1 Å². The quantitative estimate of drug-likeness (QED) is 0.680. The third-order valence-electron chi connectivity index (χ3n) is 3.90. The molecule has 3 aromatic heterocycles. The van der Waals surface area contributed by atoms with Crippen LogP contribution in [0.25, 0.3) is 0 Å². The van der Waals surface area contributed by atoms with Crippen LogP contribution in [0.15, 0.2) is 51.1 Å². The Hall–Kier alpha value is -3.16. The molecule has 0 saturated heterocycles. The van der Waals surface area contributed by atoms with Gasteiger partial charge < -0.3 is 18.3 Å². The molecular formula is C17H18N4O4. The van der Waals surface area contributed by atoms with Gasteiger partial charge in [0.25, 0.3) is 11.5 Å². The number of oxazole rings is 2. The molecule has 0 aromatic carbocycles. The molecule has 3 rings (SSSR count). The fraction of sp³-hybridized carbons (Fsp3) is 0.294. The van der Waals surface area contributed by atoms with E-state index in [9.17, 15) is 9.59 Å². The van der Waals surface area contributed by atoms with Gasteiger partial charge in [-0.3, -0.25) is 9.59 Å². The zero-order valence-electron chi connectivity index (χ0n) is 14.0. The number of aryl methyl sites for hydroxylation is 1. The largest absolute Gasteiger partial charge is 0.451 e. The number of carbonyl (C=O) groups excluding carboxylic acids is 1. The van der Waals surface area contributed by atoms with E-state index in [1.165, 1.54) is 30.2 Å². The fourth-order valence-corrected chi connectivity index (χ4v) is 2.62. The summed E-state index contributed by atoms with van der Waals surface area (Å²) in [5.41, 5.74) is 1.78. The van der Waals surface area contributed by atoms with Gasteiger partial charge in [0.05, 0.1) is 24.5 Å². The van der Waals surface area contributed by atoms with Crippen molar-refractivity contribution in [3.8, 4) is 0 Å². The van der Waals surface area contributed by atoms with Crippen molar-refractivity contribution in [3.63, 3.8) is 0 Å². The van der Waals surface area contributed by atoms with E-state index in [4.69, 9.17) is 8.83 Å². The molecule has 0 unspecified atom stereocenters. The van der Waals surface area contributed by atoms with Crippen LogP contribution in [0.1, 0.15) is 34.4 Å². The highest BCUT2D eigenvalue weighted by atomic mass is 16.3. The van der Waals surface area contributed by atoms with E-state index in [0.717, 1.165) is 5.69 Å². The van der Waals surface area contributed by atoms with Gasteiger partial charge in [-0.05, 0) is 26.0 Å². The van der Waals surface area contributed by atoms with Crippen molar-refractivity contribution < 1.29 is 13.6 Å². The molecule has 3 aromatic rings. The lowest BCUT2D eigenvalue weighted by Crippen LogP contribution is -2.36. The molecule has 0 N–H and O–H groups in total. The van der Waals surface area contributed by atoms with Crippen LogP contribution in [0, 0.1) is 6.92 Å². The summed E-state index contributed by atoms with van der Waals surface area (Å²) < 4.78 is 11.5. The predicted molar refractivity (Wildman–Crippen MR) is 87.7 cm³/mol. The second-order valence-electron chi connectivity index (χ2n) is 5.56. The van der Waals surface area contributed by atoms with Gasteiger partial charge in [0.2, 0.25) is 0 Å². The van der Waals surface area contributed by atoms with Crippen LogP contribution in [0.5, 0.6) is 0 Å². The number of hydrogen-bond acceptors (Lipinski definition) is 6. The first-order valence-electron chi connectivity index (χ1n) is 7.84. The second-order valence-corrected chi connectivity index (χ2v) is 5.56. The van der Waals surface area contributed by atoms with Crippen LogP contribution in [-0.4, -0.2) is 25.3 Å². The van der Waals surface area contributed by atoms with E-state index in [1.54, 1.807) is 16.7 Å². The van der Waals surface area contributed by atoms with E-state index < -0.39 is 5.91 Å². The maximum absolute atomic E-state index is 13.0. The molecule has 0 aliphatic carbocycles. The minimum atomic E-state index is -0.391. The Balaban J connectivity index is 1.94. The molecule has 0 atom stereocenters. The first kappa shape index (κ1) is 16.7. The standard InChI is InChI=1S/C17H18N4O4/c1-3-21-12(2)4-5-15(17(21)23)16(22)20(6-13-8-24-10-18-13)7-14-9-25-11-19-14/h4-5,8-11H,3,6-7H2,1-2H3.